The molecular weight excluding hydrogens is 232 g/mol. The first-order valence-corrected chi connectivity index (χ1v) is 6.67. The van der Waals surface area contributed by atoms with Gasteiger partial charge in [0.15, 0.2) is 0 Å². The van der Waals surface area contributed by atoms with E-state index in [-0.39, 0.29) is 5.43 Å². The van der Waals surface area contributed by atoms with E-state index in [1.165, 1.54) is 0 Å². The molecule has 0 bridgehead atoms. The Balaban J connectivity index is 2.44. The fourth-order valence-corrected chi connectivity index (χ4v) is 2.60. The van der Waals surface area contributed by atoms with Gasteiger partial charge in [-0.3, -0.25) is 4.79 Å². The summed E-state index contributed by atoms with van der Waals surface area (Å²) in [7, 11) is 2.01. The van der Waals surface area contributed by atoms with Gasteiger partial charge in [-0.25, -0.2) is 0 Å². The zero-order valence-electron chi connectivity index (χ0n) is 11.2. The van der Waals surface area contributed by atoms with Crippen molar-refractivity contribution in [2.75, 3.05) is 38.1 Å². The zero-order valence-corrected chi connectivity index (χ0v) is 12.1. The van der Waals surface area contributed by atoms with E-state index in [0.29, 0.717) is 4.51 Å². The van der Waals surface area contributed by atoms with Crippen LogP contribution in [0.25, 0.3) is 0 Å². The van der Waals surface area contributed by atoms with Gasteiger partial charge in [-0.15, -0.1) is 0 Å². The van der Waals surface area contributed by atoms with Crippen LogP contribution in [0.15, 0.2) is 4.79 Å². The summed E-state index contributed by atoms with van der Waals surface area (Å²) in [6.45, 7) is 10.5. The third-order valence-electron chi connectivity index (χ3n) is 3.36. The Kier molecular flexibility index (Phi) is 5.28. The van der Waals surface area contributed by atoms with Crippen LogP contribution in [0, 0.1) is 11.4 Å². The second-order valence-corrected chi connectivity index (χ2v) is 4.84. The van der Waals surface area contributed by atoms with Gasteiger partial charge in [-0.1, -0.05) is 26.1 Å². The molecule has 1 aromatic carbocycles. The van der Waals surface area contributed by atoms with Crippen molar-refractivity contribution in [2.24, 2.45) is 0 Å². The molecule has 4 heteroatoms. The molecule has 0 fully saturated rings. The van der Waals surface area contributed by atoms with Gasteiger partial charge < -0.3 is 9.80 Å². The third-order valence-corrected chi connectivity index (χ3v) is 3.74. The normalized spacial score (nSPS) is 11.4. The summed E-state index contributed by atoms with van der Waals surface area (Å²) in [6.07, 6.45) is 1.10. The average Bonchev–Trinajstić information content (AvgIpc) is 2.34. The molecule has 0 radical (unpaired) electrons. The first kappa shape index (κ1) is 14.3. The van der Waals surface area contributed by atoms with Crippen LogP contribution in [0.3, 0.4) is 0 Å². The van der Waals surface area contributed by atoms with Crippen molar-refractivity contribution < 1.29 is 0 Å². The van der Waals surface area contributed by atoms with Crippen molar-refractivity contribution in [1.29, 1.82) is 0 Å². The first-order chi connectivity index (χ1) is 8.02. The van der Waals surface area contributed by atoms with Gasteiger partial charge in [-0.2, -0.15) is 0 Å². The molecule has 0 unspecified atom stereocenters. The summed E-state index contributed by atoms with van der Waals surface area (Å²) in [5.41, 5.74) is 1.84. The molecule has 0 heterocycles. The van der Waals surface area contributed by atoms with E-state index in [4.69, 9.17) is 12.2 Å². The lowest BCUT2D eigenvalue weighted by molar-refractivity contribution is 0.301. The van der Waals surface area contributed by atoms with Gasteiger partial charge in [0.05, 0.1) is 5.69 Å². The molecule has 1 aromatic rings. The highest BCUT2D eigenvalue weighted by Crippen LogP contribution is 2.20. The Morgan fingerprint density at radius 1 is 1.18 bits per heavy atom. The molecule has 0 spiro atoms. The van der Waals surface area contributed by atoms with Gasteiger partial charge in [-0.05, 0) is 33.0 Å². The van der Waals surface area contributed by atoms with Crippen LogP contribution in [0.2, 0.25) is 0 Å². The number of nitrogens with zero attached hydrogens (tertiary/aromatic N) is 2. The van der Waals surface area contributed by atoms with E-state index in [1.54, 1.807) is 0 Å². The molecule has 0 saturated carbocycles. The van der Waals surface area contributed by atoms with Crippen molar-refractivity contribution in [3.8, 4) is 0 Å². The third kappa shape index (κ3) is 3.13. The minimum Gasteiger partial charge on any atom is -0.373 e. The molecule has 0 aliphatic carbocycles. The summed E-state index contributed by atoms with van der Waals surface area (Å²) in [5.74, 6) is 0. The van der Waals surface area contributed by atoms with Crippen LogP contribution in [0.1, 0.15) is 25.8 Å². The topological polar surface area (TPSA) is 23.6 Å². The van der Waals surface area contributed by atoms with Crippen molar-refractivity contribution in [3.63, 3.8) is 0 Å². The van der Waals surface area contributed by atoms with E-state index in [1.807, 2.05) is 14.0 Å². The van der Waals surface area contributed by atoms with E-state index < -0.39 is 0 Å². The molecule has 17 heavy (non-hydrogen) atoms. The summed E-state index contributed by atoms with van der Waals surface area (Å²) in [6, 6.07) is 0. The quantitative estimate of drug-likeness (QED) is 0.696. The molecule has 1 rings (SSSR count). The number of anilines is 1. The lowest BCUT2D eigenvalue weighted by Crippen LogP contribution is -2.31. The van der Waals surface area contributed by atoms with Gasteiger partial charge in [0.2, 0.25) is 5.43 Å². The molecule has 0 aliphatic heterocycles. The molecule has 0 aliphatic rings. The van der Waals surface area contributed by atoms with E-state index in [2.05, 4.69) is 23.6 Å². The smallest absolute Gasteiger partial charge is 0.203 e. The number of hydrogen-bond donors (Lipinski definition) is 0. The highest BCUT2D eigenvalue weighted by atomic mass is 32.1. The fraction of sp³-hybridized carbons (Fsp3) is 0.692. The Hall–Kier alpha value is -0.740. The van der Waals surface area contributed by atoms with Crippen LogP contribution in [-0.2, 0) is 0 Å². The van der Waals surface area contributed by atoms with E-state index in [9.17, 15) is 4.79 Å². The van der Waals surface area contributed by atoms with Crippen LogP contribution < -0.4 is 10.3 Å². The Morgan fingerprint density at radius 3 is 2.24 bits per heavy atom. The molecule has 0 saturated heterocycles. The molecule has 0 N–H and O–H groups in total. The SMILES string of the molecule is CCN(CC)CCCN(C)c1c(C)c(=O)c1=S. The number of rotatable bonds is 7. The first-order valence-electron chi connectivity index (χ1n) is 6.26. The summed E-state index contributed by atoms with van der Waals surface area (Å²) >= 11 is 5.07. The molecule has 96 valence electrons. The van der Waals surface area contributed by atoms with Gasteiger partial charge in [0, 0.05) is 19.2 Å². The molecule has 0 aromatic heterocycles. The minimum absolute atomic E-state index is 0.0468. The van der Waals surface area contributed by atoms with Crippen LogP contribution in [-0.4, -0.2) is 38.1 Å². The summed E-state index contributed by atoms with van der Waals surface area (Å²) in [4.78, 5) is 15.8. The average molecular weight is 254 g/mol. The van der Waals surface area contributed by atoms with Gasteiger partial charge >= 0.3 is 0 Å². The van der Waals surface area contributed by atoms with Crippen molar-refractivity contribution in [1.82, 2.24) is 4.90 Å². The van der Waals surface area contributed by atoms with Gasteiger partial charge in [0.25, 0.3) is 0 Å². The second-order valence-electron chi connectivity index (χ2n) is 4.43. The highest BCUT2D eigenvalue weighted by molar-refractivity contribution is 7.71. The summed E-state index contributed by atoms with van der Waals surface area (Å²) in [5, 5.41) is 0. The van der Waals surface area contributed by atoms with Crippen LogP contribution in [0.5, 0.6) is 0 Å². The van der Waals surface area contributed by atoms with Crippen LogP contribution in [0.4, 0.5) is 5.69 Å². The maximum Gasteiger partial charge on any atom is 0.203 e. The predicted molar refractivity (Wildman–Crippen MR) is 76.3 cm³/mol. The second kappa shape index (κ2) is 6.26. The minimum atomic E-state index is 0.0468. The molecular formula is C13H22N2OS. The molecule has 0 atom stereocenters. The van der Waals surface area contributed by atoms with E-state index in [0.717, 1.165) is 43.9 Å². The largest absolute Gasteiger partial charge is 0.373 e. The predicted octanol–water partition coefficient (Wildman–Crippen LogP) is 2.13. The fourth-order valence-electron chi connectivity index (χ4n) is 2.14. The van der Waals surface area contributed by atoms with Crippen LogP contribution >= 0.6 is 12.2 Å². The zero-order chi connectivity index (χ0) is 13.0. The lowest BCUT2D eigenvalue weighted by Gasteiger charge is -2.25. The van der Waals surface area contributed by atoms with Gasteiger partial charge in [0.1, 0.15) is 4.51 Å². The highest BCUT2D eigenvalue weighted by Gasteiger charge is 2.16. The molecule has 0 amide bonds. The summed E-state index contributed by atoms with van der Waals surface area (Å²) < 4.78 is 0.507. The Bertz CT molecular complexity index is 431. The van der Waals surface area contributed by atoms with Crippen molar-refractivity contribution in [3.05, 3.63) is 20.3 Å². The Morgan fingerprint density at radius 2 is 1.76 bits per heavy atom. The van der Waals surface area contributed by atoms with Crippen molar-refractivity contribution >= 4 is 17.9 Å². The van der Waals surface area contributed by atoms with Crippen molar-refractivity contribution in [2.45, 2.75) is 27.2 Å². The maximum absolute atomic E-state index is 11.3. The maximum atomic E-state index is 11.3. The Labute approximate surface area is 109 Å². The lowest BCUT2D eigenvalue weighted by atomic mass is 10.1. The molecule has 3 nitrogen and oxygen atoms in total. The number of hydrogen-bond acceptors (Lipinski definition) is 4. The monoisotopic (exact) mass is 254 g/mol. The van der Waals surface area contributed by atoms with E-state index >= 15 is 0 Å². The standard InChI is InChI=1S/C13H22N2OS/c1-5-15(6-2)9-7-8-14(4)11-10(3)12(16)13(11)17/h5-9H2,1-4H3.